The molecule has 5 N–H and O–H groups in total. The molecule has 0 unspecified atom stereocenters. The molecule has 0 bridgehead atoms. The van der Waals surface area contributed by atoms with E-state index in [-0.39, 0.29) is 29.0 Å². The lowest BCUT2D eigenvalue weighted by atomic mass is 9.89. The Hall–Kier alpha value is -2.72. The molecule has 0 saturated heterocycles. The van der Waals surface area contributed by atoms with E-state index in [9.17, 15) is 14.7 Å². The highest BCUT2D eigenvalue weighted by Gasteiger charge is 2.24. The number of urea groups is 1. The van der Waals surface area contributed by atoms with Gasteiger partial charge in [-0.1, -0.05) is 31.7 Å². The van der Waals surface area contributed by atoms with E-state index in [2.05, 4.69) is 20.0 Å². The van der Waals surface area contributed by atoms with Crippen LogP contribution in [0, 0.1) is 5.92 Å². The maximum Gasteiger partial charge on any atom is 0.319 e. The van der Waals surface area contributed by atoms with Crippen molar-refractivity contribution in [3.63, 3.8) is 0 Å². The smallest absolute Gasteiger partial charge is 0.319 e. The van der Waals surface area contributed by atoms with Crippen LogP contribution in [0.1, 0.15) is 54.4 Å². The van der Waals surface area contributed by atoms with Crippen molar-refractivity contribution in [1.82, 2.24) is 14.7 Å². The monoisotopic (exact) mass is 433 g/mol. The maximum absolute atomic E-state index is 12.4. The molecule has 9 nitrogen and oxygen atoms in total. The average molecular weight is 434 g/mol. The van der Waals surface area contributed by atoms with Gasteiger partial charge < -0.3 is 20.9 Å². The van der Waals surface area contributed by atoms with Gasteiger partial charge in [-0.15, -0.1) is 0 Å². The van der Waals surface area contributed by atoms with Gasteiger partial charge in [0.15, 0.2) is 0 Å². The second kappa shape index (κ2) is 10.9. The van der Waals surface area contributed by atoms with Gasteiger partial charge in [-0.3, -0.25) is 15.1 Å². The van der Waals surface area contributed by atoms with Gasteiger partial charge >= 0.3 is 6.03 Å². The van der Waals surface area contributed by atoms with Gasteiger partial charge in [0, 0.05) is 30.4 Å². The van der Waals surface area contributed by atoms with Crippen molar-refractivity contribution in [2.75, 3.05) is 11.9 Å². The Morgan fingerprint density at radius 2 is 2.07 bits per heavy atom. The second-order valence-electron chi connectivity index (χ2n) is 7.36. The first-order valence-corrected chi connectivity index (χ1v) is 10.9. The fourth-order valence-electron chi connectivity index (χ4n) is 3.46. The summed E-state index contributed by atoms with van der Waals surface area (Å²) in [5.74, 6) is -0.649. The van der Waals surface area contributed by atoms with E-state index in [4.69, 9.17) is 10.5 Å². The van der Waals surface area contributed by atoms with Crippen LogP contribution >= 0.6 is 11.5 Å². The minimum atomic E-state index is -0.740. The molecule has 1 saturated carbocycles. The number of ether oxygens (including phenoxy) is 1. The van der Waals surface area contributed by atoms with E-state index >= 15 is 0 Å². The fraction of sp³-hybridized carbons (Fsp3) is 0.500. The molecule has 162 valence electrons. The number of carbonyl (C=O) groups is 2. The van der Waals surface area contributed by atoms with Gasteiger partial charge in [0.05, 0.1) is 6.10 Å². The van der Waals surface area contributed by atoms with Crippen LogP contribution in [0.3, 0.4) is 0 Å². The van der Waals surface area contributed by atoms with Crippen LogP contribution in [0.15, 0.2) is 24.5 Å². The largest absolute Gasteiger partial charge is 0.472 e. The summed E-state index contributed by atoms with van der Waals surface area (Å²) < 4.78 is 9.70. The van der Waals surface area contributed by atoms with Crippen molar-refractivity contribution in [2.45, 2.75) is 51.2 Å². The van der Waals surface area contributed by atoms with Crippen molar-refractivity contribution in [3.05, 3.63) is 35.7 Å². The number of carbonyl (C=O) groups excluding carboxylic acids is 2. The number of amides is 3. The van der Waals surface area contributed by atoms with Crippen LogP contribution < -0.4 is 21.1 Å². The van der Waals surface area contributed by atoms with Crippen molar-refractivity contribution in [1.29, 1.82) is 0 Å². The molecule has 1 aliphatic carbocycles. The number of aliphatic hydroxyl groups is 1. The zero-order valence-electron chi connectivity index (χ0n) is 16.7. The zero-order chi connectivity index (χ0) is 21.3. The van der Waals surface area contributed by atoms with Crippen LogP contribution in [0.2, 0.25) is 0 Å². The molecular formula is C20H27N5O4S. The highest BCUT2D eigenvalue weighted by atomic mass is 32.1. The van der Waals surface area contributed by atoms with Gasteiger partial charge in [0.2, 0.25) is 5.88 Å². The Kier molecular flexibility index (Phi) is 7.97. The Bertz CT molecular complexity index is 845. The van der Waals surface area contributed by atoms with E-state index < -0.39 is 18.0 Å². The van der Waals surface area contributed by atoms with Gasteiger partial charge in [0.1, 0.15) is 17.2 Å². The van der Waals surface area contributed by atoms with Crippen LogP contribution in [-0.4, -0.2) is 39.1 Å². The summed E-state index contributed by atoms with van der Waals surface area (Å²) in [4.78, 5) is 28.3. The summed E-state index contributed by atoms with van der Waals surface area (Å²) in [6.07, 6.45) is 8.86. The Labute approximate surface area is 179 Å². The van der Waals surface area contributed by atoms with Gasteiger partial charge in [0.25, 0.3) is 5.91 Å². The molecule has 1 fully saturated rings. The van der Waals surface area contributed by atoms with Crippen molar-refractivity contribution < 1.29 is 19.4 Å². The number of primary amides is 1. The molecule has 3 amide bonds. The molecule has 0 aromatic carbocycles. The predicted octanol–water partition coefficient (Wildman–Crippen LogP) is 2.67. The Morgan fingerprint density at radius 1 is 1.27 bits per heavy atom. The SMILES string of the molecule is NC(=O)c1c(OCc2cccnc2)nsc1NC(=O)NC[C@H]1CCCCCC[C@H]1O. The molecule has 2 aromatic heterocycles. The third-order valence-electron chi connectivity index (χ3n) is 5.13. The molecule has 10 heteroatoms. The number of nitrogens with zero attached hydrogens (tertiary/aromatic N) is 2. The summed E-state index contributed by atoms with van der Waals surface area (Å²) in [6, 6.07) is 3.13. The molecule has 0 radical (unpaired) electrons. The first-order chi connectivity index (χ1) is 14.5. The zero-order valence-corrected chi connectivity index (χ0v) is 17.5. The summed E-state index contributed by atoms with van der Waals surface area (Å²) in [6.45, 7) is 0.533. The predicted molar refractivity (Wildman–Crippen MR) is 113 cm³/mol. The van der Waals surface area contributed by atoms with Gasteiger partial charge in [-0.2, -0.15) is 4.37 Å². The third kappa shape index (κ3) is 6.14. The molecule has 0 spiro atoms. The number of nitrogens with two attached hydrogens (primary N) is 1. The van der Waals surface area contributed by atoms with Crippen molar-refractivity contribution in [2.24, 2.45) is 11.7 Å². The Morgan fingerprint density at radius 3 is 2.80 bits per heavy atom. The third-order valence-corrected chi connectivity index (χ3v) is 5.87. The van der Waals surface area contributed by atoms with E-state index in [1.807, 2.05) is 6.07 Å². The van der Waals surface area contributed by atoms with Crippen LogP contribution in [0.25, 0.3) is 0 Å². The number of rotatable bonds is 7. The molecule has 0 aliphatic heterocycles. The fourth-order valence-corrected chi connectivity index (χ4v) is 4.20. The van der Waals surface area contributed by atoms with Crippen LogP contribution in [0.4, 0.5) is 9.80 Å². The van der Waals surface area contributed by atoms with Crippen molar-refractivity contribution >= 4 is 28.5 Å². The number of nitrogens with one attached hydrogen (secondary N) is 2. The number of anilines is 1. The number of aliphatic hydroxyl groups excluding tert-OH is 1. The molecular weight excluding hydrogens is 406 g/mol. The average Bonchev–Trinajstić information content (AvgIpc) is 3.12. The second-order valence-corrected chi connectivity index (χ2v) is 8.13. The molecule has 3 rings (SSSR count). The summed E-state index contributed by atoms with van der Waals surface area (Å²) in [7, 11) is 0. The topological polar surface area (TPSA) is 139 Å². The standard InChI is InChI=1S/C20H27N5O4S/c21-17(27)16-18(29-12-13-6-5-9-22-10-13)25-30-19(16)24-20(28)23-11-14-7-3-1-2-4-8-15(14)26/h5-6,9-10,14-15,26H,1-4,7-8,11-12H2,(H2,21,27)(H2,23,24,28)/t14-,15-/m1/s1. The minimum absolute atomic E-state index is 0.0199. The molecule has 2 aromatic rings. The number of hydrogen-bond donors (Lipinski definition) is 4. The van der Waals surface area contributed by atoms with Gasteiger partial charge in [-0.05, 0) is 30.4 Å². The molecule has 2 atom stereocenters. The highest BCUT2D eigenvalue weighted by molar-refractivity contribution is 7.11. The highest BCUT2D eigenvalue weighted by Crippen LogP contribution is 2.30. The summed E-state index contributed by atoms with van der Waals surface area (Å²) in [5, 5.41) is 15.9. The van der Waals surface area contributed by atoms with E-state index in [1.165, 1.54) is 0 Å². The summed E-state index contributed by atoms with van der Waals surface area (Å²) >= 11 is 0.923. The normalized spacial score (nSPS) is 19.4. The minimum Gasteiger partial charge on any atom is -0.472 e. The van der Waals surface area contributed by atoms with Crippen molar-refractivity contribution in [3.8, 4) is 5.88 Å². The molecule has 2 heterocycles. The lowest BCUT2D eigenvalue weighted by Crippen LogP contribution is -2.37. The summed E-state index contributed by atoms with van der Waals surface area (Å²) in [5.41, 5.74) is 6.32. The quantitative estimate of drug-likeness (QED) is 0.529. The molecule has 30 heavy (non-hydrogen) atoms. The number of hydrogen-bond acceptors (Lipinski definition) is 7. The number of aromatic nitrogens is 2. The first kappa shape index (κ1) is 22.0. The van der Waals surface area contributed by atoms with Gasteiger partial charge in [-0.25, -0.2) is 4.79 Å². The first-order valence-electron chi connectivity index (χ1n) is 10.1. The van der Waals surface area contributed by atoms with Crippen LogP contribution in [-0.2, 0) is 6.61 Å². The molecule has 1 aliphatic rings. The lowest BCUT2D eigenvalue weighted by Gasteiger charge is -2.25. The lowest BCUT2D eigenvalue weighted by molar-refractivity contribution is 0.0846. The number of pyridine rings is 1. The van der Waals surface area contributed by atoms with E-state index in [1.54, 1.807) is 18.5 Å². The van der Waals surface area contributed by atoms with E-state index in [0.29, 0.717) is 6.54 Å². The Balaban J connectivity index is 1.57. The maximum atomic E-state index is 12.4. The van der Waals surface area contributed by atoms with E-state index in [0.717, 1.165) is 55.6 Å². The van der Waals surface area contributed by atoms with Crippen LogP contribution in [0.5, 0.6) is 5.88 Å².